The summed E-state index contributed by atoms with van der Waals surface area (Å²) in [5.74, 6) is 3.43. The minimum Gasteiger partial charge on any atom is -0.481 e. The van der Waals surface area contributed by atoms with Gasteiger partial charge in [-0.3, -0.25) is 19.8 Å². The number of rotatable bonds is 4. The maximum absolute atomic E-state index is 13.1. The number of nitrogens with two attached hydrogens (primary N) is 1. The summed E-state index contributed by atoms with van der Waals surface area (Å²) in [6.45, 7) is 1.24. The molecule has 1 heterocycles. The molecule has 3 rings (SSSR count). The van der Waals surface area contributed by atoms with E-state index in [4.69, 9.17) is 11.1 Å². The summed E-state index contributed by atoms with van der Waals surface area (Å²) < 4.78 is 0. The first-order valence-electron chi connectivity index (χ1n) is 9.56. The van der Waals surface area contributed by atoms with Crippen molar-refractivity contribution in [3.05, 3.63) is 64.7 Å². The van der Waals surface area contributed by atoms with Crippen molar-refractivity contribution in [1.82, 2.24) is 4.90 Å². The van der Waals surface area contributed by atoms with Gasteiger partial charge in [-0.25, -0.2) is 0 Å². The van der Waals surface area contributed by atoms with Gasteiger partial charge in [0.15, 0.2) is 0 Å². The highest BCUT2D eigenvalue weighted by Gasteiger charge is 2.31. The summed E-state index contributed by atoms with van der Waals surface area (Å²) >= 11 is 0. The molecule has 4 N–H and O–H groups in total. The largest absolute Gasteiger partial charge is 0.481 e. The number of likely N-dealkylation sites (N-methyl/N-ethyl adjacent to an activating group) is 1. The first-order valence-corrected chi connectivity index (χ1v) is 9.56. The van der Waals surface area contributed by atoms with Gasteiger partial charge in [-0.15, -0.1) is 0 Å². The Morgan fingerprint density at radius 1 is 1.16 bits per heavy atom. The number of hydrogen-bond donors (Lipinski definition) is 3. The Labute approximate surface area is 179 Å². The van der Waals surface area contributed by atoms with Crippen LogP contribution in [0.5, 0.6) is 0 Å². The van der Waals surface area contributed by atoms with Crippen molar-refractivity contribution in [2.24, 2.45) is 11.7 Å². The number of amidine groups is 1. The predicted octanol–water partition coefficient (Wildman–Crippen LogP) is 1.51. The van der Waals surface area contributed by atoms with Crippen molar-refractivity contribution in [2.75, 3.05) is 25.0 Å². The number of nitrogen functional groups attached to an aromatic ring is 1. The standard InChI is InChI=1S/C23H22N4O4/c1-14(23(30)31)12-27-13-20(28)26(2)19-10-7-16(11-18(19)22(27)29)4-3-15-5-8-17(9-6-15)21(24)25/h5-11,14H,12-13H2,1-2H3,(H3,24,25)(H,30,31). The van der Waals surface area contributed by atoms with E-state index < -0.39 is 17.8 Å². The molecule has 31 heavy (non-hydrogen) atoms. The summed E-state index contributed by atoms with van der Waals surface area (Å²) in [6.07, 6.45) is 0. The van der Waals surface area contributed by atoms with E-state index in [1.807, 2.05) is 0 Å². The number of benzene rings is 2. The zero-order valence-electron chi connectivity index (χ0n) is 17.2. The average Bonchev–Trinajstić information content (AvgIpc) is 2.83. The zero-order valence-corrected chi connectivity index (χ0v) is 17.2. The molecule has 2 amide bonds. The third-order valence-corrected chi connectivity index (χ3v) is 5.04. The van der Waals surface area contributed by atoms with E-state index in [2.05, 4.69) is 11.8 Å². The minimum atomic E-state index is -1.03. The predicted molar refractivity (Wildman–Crippen MR) is 116 cm³/mol. The second-order valence-corrected chi connectivity index (χ2v) is 7.35. The normalized spacial score (nSPS) is 14.3. The molecule has 2 aromatic rings. The van der Waals surface area contributed by atoms with Crippen molar-refractivity contribution < 1.29 is 19.5 Å². The molecular weight excluding hydrogens is 396 g/mol. The monoisotopic (exact) mass is 418 g/mol. The third-order valence-electron chi connectivity index (χ3n) is 5.04. The lowest BCUT2D eigenvalue weighted by atomic mass is 10.1. The average molecular weight is 418 g/mol. The molecule has 0 radical (unpaired) electrons. The van der Waals surface area contributed by atoms with Gasteiger partial charge in [0, 0.05) is 30.3 Å². The number of carbonyl (C=O) groups is 3. The van der Waals surface area contributed by atoms with Crippen molar-refractivity contribution >= 4 is 29.3 Å². The molecule has 0 aromatic heterocycles. The van der Waals surface area contributed by atoms with Crippen LogP contribution in [0.15, 0.2) is 42.5 Å². The number of carbonyl (C=O) groups excluding carboxylic acids is 2. The van der Waals surface area contributed by atoms with Crippen LogP contribution in [-0.2, 0) is 9.59 Å². The number of nitrogens with one attached hydrogen (secondary N) is 1. The first kappa shape index (κ1) is 21.6. The van der Waals surface area contributed by atoms with E-state index in [1.165, 1.54) is 16.7 Å². The topological polar surface area (TPSA) is 128 Å². The number of amides is 2. The van der Waals surface area contributed by atoms with Gasteiger partial charge < -0.3 is 20.6 Å². The third kappa shape index (κ3) is 4.73. The number of carboxylic acids is 1. The Morgan fingerprint density at radius 3 is 2.39 bits per heavy atom. The Bertz CT molecular complexity index is 1130. The van der Waals surface area contributed by atoms with Crippen LogP contribution in [0.1, 0.15) is 34.0 Å². The molecule has 158 valence electrons. The lowest BCUT2D eigenvalue weighted by molar-refractivity contribution is -0.141. The molecule has 1 aliphatic rings. The number of nitrogens with zero attached hydrogens (tertiary/aromatic N) is 2. The quantitative estimate of drug-likeness (QED) is 0.394. The van der Waals surface area contributed by atoms with Crippen LogP contribution in [0.25, 0.3) is 0 Å². The second kappa shape index (κ2) is 8.71. The second-order valence-electron chi connectivity index (χ2n) is 7.35. The van der Waals surface area contributed by atoms with Gasteiger partial charge in [-0.2, -0.15) is 0 Å². The molecule has 0 bridgehead atoms. The van der Waals surface area contributed by atoms with Crippen LogP contribution in [0.4, 0.5) is 5.69 Å². The number of anilines is 1. The van der Waals surface area contributed by atoms with E-state index in [0.29, 0.717) is 22.4 Å². The van der Waals surface area contributed by atoms with Crippen LogP contribution in [0.2, 0.25) is 0 Å². The van der Waals surface area contributed by atoms with E-state index in [-0.39, 0.29) is 24.8 Å². The van der Waals surface area contributed by atoms with E-state index >= 15 is 0 Å². The summed E-state index contributed by atoms with van der Waals surface area (Å²) in [5.41, 5.74) is 8.10. The number of carboxylic acid groups (broad SMARTS) is 1. The van der Waals surface area contributed by atoms with E-state index in [9.17, 15) is 19.5 Å². The smallest absolute Gasteiger partial charge is 0.308 e. The molecule has 0 saturated carbocycles. The van der Waals surface area contributed by atoms with Gasteiger partial charge in [0.2, 0.25) is 5.91 Å². The fraction of sp³-hybridized carbons (Fsp3) is 0.217. The zero-order chi connectivity index (χ0) is 22.7. The van der Waals surface area contributed by atoms with Crippen molar-refractivity contribution in [3.63, 3.8) is 0 Å². The Kier molecular flexibility index (Phi) is 6.07. The number of aliphatic carboxylic acids is 1. The highest BCUT2D eigenvalue weighted by molar-refractivity contribution is 6.09. The van der Waals surface area contributed by atoms with E-state index in [1.54, 1.807) is 49.5 Å². The first-order chi connectivity index (χ1) is 14.7. The molecule has 0 saturated heterocycles. The summed E-state index contributed by atoms with van der Waals surface area (Å²) in [5, 5.41) is 16.6. The number of fused-ring (bicyclic) bond motifs is 1. The molecule has 8 heteroatoms. The van der Waals surface area contributed by atoms with Gasteiger partial charge in [-0.1, -0.05) is 30.9 Å². The van der Waals surface area contributed by atoms with Gasteiger partial charge in [0.05, 0.1) is 17.2 Å². The van der Waals surface area contributed by atoms with Gasteiger partial charge in [0.25, 0.3) is 5.91 Å². The SMILES string of the molecule is CC(CN1CC(=O)N(C)c2ccc(C#Cc3ccc(C(=N)N)cc3)cc2C1=O)C(=O)O. The summed E-state index contributed by atoms with van der Waals surface area (Å²) in [6, 6.07) is 11.9. The lowest BCUT2D eigenvalue weighted by Gasteiger charge is -2.22. The molecule has 1 atom stereocenters. The molecule has 1 aliphatic heterocycles. The van der Waals surface area contributed by atoms with Crippen LogP contribution < -0.4 is 10.6 Å². The molecule has 2 aromatic carbocycles. The maximum atomic E-state index is 13.1. The maximum Gasteiger partial charge on any atom is 0.308 e. The van der Waals surface area contributed by atoms with Crippen LogP contribution in [0, 0.1) is 23.2 Å². The van der Waals surface area contributed by atoms with Gasteiger partial charge >= 0.3 is 5.97 Å². The van der Waals surface area contributed by atoms with Crippen LogP contribution in [-0.4, -0.2) is 53.8 Å². The highest BCUT2D eigenvalue weighted by Crippen LogP contribution is 2.26. The highest BCUT2D eigenvalue weighted by atomic mass is 16.4. The van der Waals surface area contributed by atoms with Gasteiger partial charge in [0.1, 0.15) is 12.4 Å². The van der Waals surface area contributed by atoms with Crippen molar-refractivity contribution in [3.8, 4) is 11.8 Å². The summed E-state index contributed by atoms with van der Waals surface area (Å²) in [4.78, 5) is 39.5. The minimum absolute atomic E-state index is 0.0239. The summed E-state index contributed by atoms with van der Waals surface area (Å²) in [7, 11) is 1.58. The molecule has 8 nitrogen and oxygen atoms in total. The molecule has 1 unspecified atom stereocenters. The Hall–Kier alpha value is -4.12. The van der Waals surface area contributed by atoms with Crippen LogP contribution in [0.3, 0.4) is 0 Å². The van der Waals surface area contributed by atoms with Gasteiger partial charge in [-0.05, 0) is 30.3 Å². The fourth-order valence-electron chi connectivity index (χ4n) is 3.16. The molecular formula is C23H22N4O4. The lowest BCUT2D eigenvalue weighted by Crippen LogP contribution is -2.41. The molecule has 0 spiro atoms. The van der Waals surface area contributed by atoms with E-state index in [0.717, 1.165) is 5.56 Å². The van der Waals surface area contributed by atoms with Crippen LogP contribution >= 0.6 is 0 Å². The fourth-order valence-corrected chi connectivity index (χ4v) is 3.16. The molecule has 0 aliphatic carbocycles. The Morgan fingerprint density at radius 2 is 1.77 bits per heavy atom. The number of hydrogen-bond acceptors (Lipinski definition) is 4. The Balaban J connectivity index is 1.93. The molecule has 0 fully saturated rings. The van der Waals surface area contributed by atoms with Crippen molar-refractivity contribution in [2.45, 2.75) is 6.92 Å². The van der Waals surface area contributed by atoms with Crippen molar-refractivity contribution in [1.29, 1.82) is 5.41 Å².